The van der Waals surface area contributed by atoms with Crippen LogP contribution in [-0.4, -0.2) is 25.0 Å². The highest BCUT2D eigenvalue weighted by Gasteiger charge is 1.83. The Balaban J connectivity index is 3.17. The Morgan fingerprint density at radius 3 is 2.57 bits per heavy atom. The van der Waals surface area contributed by atoms with E-state index in [0.717, 1.165) is 6.67 Å². The molecule has 40 valence electrons. The fourth-order valence-electron chi connectivity index (χ4n) is 0.268. The summed E-state index contributed by atoms with van der Waals surface area (Å²) in [5.41, 5.74) is 0. The predicted octanol–water partition coefficient (Wildman–Crippen LogP) is 0.0199. The van der Waals surface area contributed by atoms with Crippen molar-refractivity contribution in [1.82, 2.24) is 5.32 Å². The first-order valence-corrected chi connectivity index (χ1v) is 2.15. The summed E-state index contributed by atoms with van der Waals surface area (Å²) in [5, 5.41) is 2.91. The molecule has 7 heavy (non-hydrogen) atoms. The minimum atomic E-state index is 0.753. The van der Waals surface area contributed by atoms with Gasteiger partial charge in [0.15, 0.2) is 6.20 Å². The highest BCUT2D eigenvalue weighted by atomic mass is 15.1. The van der Waals surface area contributed by atoms with Crippen molar-refractivity contribution < 1.29 is 4.58 Å². The molecule has 2 heteroatoms. The molecule has 0 aromatic heterocycles. The first kappa shape index (κ1) is 6.37. The molecule has 0 saturated carbocycles. The Hall–Kier alpha value is -0.630. The third kappa shape index (κ3) is 3.19. The van der Waals surface area contributed by atoms with Gasteiger partial charge >= 0.3 is 0 Å². The van der Waals surface area contributed by atoms with Gasteiger partial charge in [-0.3, -0.25) is 5.32 Å². The molecule has 0 fully saturated rings. The highest BCUT2D eigenvalue weighted by Crippen LogP contribution is 1.62. The molecule has 0 unspecified atom stereocenters. The van der Waals surface area contributed by atoms with Gasteiger partial charge in [-0.1, -0.05) is 0 Å². The quantitative estimate of drug-likeness (QED) is 0.299. The van der Waals surface area contributed by atoms with Crippen molar-refractivity contribution in [3.63, 3.8) is 0 Å². The third-order valence-corrected chi connectivity index (χ3v) is 0.619. The first-order valence-electron chi connectivity index (χ1n) is 2.15. The summed E-state index contributed by atoms with van der Waals surface area (Å²) in [7, 11) is 1.86. The lowest BCUT2D eigenvalue weighted by molar-refractivity contribution is -0.452. The van der Waals surface area contributed by atoms with E-state index < -0.39 is 0 Å². The van der Waals surface area contributed by atoms with Crippen molar-refractivity contribution >= 4 is 6.72 Å². The second kappa shape index (κ2) is 3.56. The summed E-state index contributed by atoms with van der Waals surface area (Å²) in [6.07, 6.45) is 1.66. The highest BCUT2D eigenvalue weighted by molar-refractivity contribution is 5.15. The van der Waals surface area contributed by atoms with Gasteiger partial charge in [-0.15, -0.1) is 0 Å². The van der Waals surface area contributed by atoms with Crippen LogP contribution in [0, 0.1) is 0 Å². The zero-order chi connectivity index (χ0) is 5.70. The summed E-state index contributed by atoms with van der Waals surface area (Å²) < 4.78 is 1.71. The van der Waals surface area contributed by atoms with Crippen LogP contribution in [0.5, 0.6) is 0 Å². The molecule has 0 spiro atoms. The van der Waals surface area contributed by atoms with E-state index in [1.54, 1.807) is 10.8 Å². The standard InChI is InChI=1S/C5H11N2/c1-4-7(3)5-6-2/h4,6H,1,3,5H2,2H3/q+1. The van der Waals surface area contributed by atoms with Crippen LogP contribution in [0.15, 0.2) is 12.8 Å². The fourth-order valence-corrected chi connectivity index (χ4v) is 0.268. The van der Waals surface area contributed by atoms with E-state index in [9.17, 15) is 0 Å². The van der Waals surface area contributed by atoms with Crippen LogP contribution in [0.4, 0.5) is 0 Å². The summed E-state index contributed by atoms with van der Waals surface area (Å²) in [4.78, 5) is 0. The van der Waals surface area contributed by atoms with Gasteiger partial charge in [0, 0.05) is 0 Å². The van der Waals surface area contributed by atoms with Gasteiger partial charge in [0.05, 0.1) is 0 Å². The molecule has 0 saturated heterocycles. The van der Waals surface area contributed by atoms with Crippen LogP contribution in [0.3, 0.4) is 0 Å². The number of hydrogen-bond acceptors (Lipinski definition) is 1. The Bertz CT molecular complexity index is 76.1. The van der Waals surface area contributed by atoms with E-state index in [-0.39, 0.29) is 0 Å². The van der Waals surface area contributed by atoms with E-state index in [1.807, 2.05) is 7.05 Å². The molecule has 0 atom stereocenters. The van der Waals surface area contributed by atoms with Crippen molar-refractivity contribution in [3.8, 4) is 0 Å². The van der Waals surface area contributed by atoms with Gasteiger partial charge in [0.25, 0.3) is 0 Å². The molecule has 0 rings (SSSR count). The summed E-state index contributed by atoms with van der Waals surface area (Å²) in [6.45, 7) is 7.86. The van der Waals surface area contributed by atoms with Crippen molar-refractivity contribution in [2.45, 2.75) is 0 Å². The number of nitrogens with one attached hydrogen (secondary N) is 1. The van der Waals surface area contributed by atoms with Crippen molar-refractivity contribution in [1.29, 1.82) is 0 Å². The fraction of sp³-hybridized carbons (Fsp3) is 0.400. The van der Waals surface area contributed by atoms with Crippen molar-refractivity contribution in [2.75, 3.05) is 13.7 Å². The summed E-state index contributed by atoms with van der Waals surface area (Å²) >= 11 is 0. The minimum absolute atomic E-state index is 0.753. The maximum atomic E-state index is 3.60. The lowest BCUT2D eigenvalue weighted by Gasteiger charge is -1.88. The van der Waals surface area contributed by atoms with E-state index in [4.69, 9.17) is 0 Å². The Kier molecular flexibility index (Phi) is 3.24. The summed E-state index contributed by atoms with van der Waals surface area (Å²) in [6, 6.07) is 0. The van der Waals surface area contributed by atoms with Crippen LogP contribution >= 0.6 is 0 Å². The van der Waals surface area contributed by atoms with Gasteiger partial charge in [-0.25, -0.2) is 0 Å². The van der Waals surface area contributed by atoms with Gasteiger partial charge in [-0.05, 0) is 13.6 Å². The topological polar surface area (TPSA) is 15.0 Å². The molecule has 0 aromatic rings. The molecule has 0 aliphatic carbocycles. The Labute approximate surface area is 44.2 Å². The molecule has 0 bridgehead atoms. The van der Waals surface area contributed by atoms with Crippen molar-refractivity contribution in [3.05, 3.63) is 12.8 Å². The second-order valence-electron chi connectivity index (χ2n) is 1.28. The number of rotatable bonds is 3. The predicted molar refractivity (Wildman–Crippen MR) is 31.5 cm³/mol. The van der Waals surface area contributed by atoms with E-state index >= 15 is 0 Å². The molecular weight excluding hydrogens is 88.1 g/mol. The molecule has 0 heterocycles. The van der Waals surface area contributed by atoms with Crippen LogP contribution in [0.1, 0.15) is 0 Å². The Morgan fingerprint density at radius 1 is 1.86 bits per heavy atom. The molecule has 0 amide bonds. The maximum absolute atomic E-state index is 3.60. The zero-order valence-corrected chi connectivity index (χ0v) is 4.65. The van der Waals surface area contributed by atoms with Gasteiger partial charge in [-0.2, -0.15) is 4.58 Å². The van der Waals surface area contributed by atoms with Gasteiger partial charge in [0.2, 0.25) is 6.67 Å². The average Bonchev–Trinajstić information content (AvgIpc) is 1.68. The normalized spacial score (nSPS) is 8.14. The summed E-state index contributed by atoms with van der Waals surface area (Å²) in [5.74, 6) is 0. The van der Waals surface area contributed by atoms with Crippen LogP contribution in [0.25, 0.3) is 0 Å². The van der Waals surface area contributed by atoms with E-state index in [1.165, 1.54) is 0 Å². The van der Waals surface area contributed by atoms with Crippen LogP contribution in [-0.2, 0) is 0 Å². The monoisotopic (exact) mass is 99.1 g/mol. The van der Waals surface area contributed by atoms with E-state index in [2.05, 4.69) is 18.6 Å². The van der Waals surface area contributed by atoms with Crippen LogP contribution in [0.2, 0.25) is 0 Å². The lowest BCUT2D eigenvalue weighted by Crippen LogP contribution is -2.17. The molecule has 0 aliphatic rings. The molecule has 0 aliphatic heterocycles. The third-order valence-electron chi connectivity index (χ3n) is 0.619. The first-order chi connectivity index (χ1) is 3.31. The smallest absolute Gasteiger partial charge is 0.201 e. The minimum Gasteiger partial charge on any atom is -0.265 e. The SMILES string of the molecule is C=C[N+](=C)CNC. The van der Waals surface area contributed by atoms with Crippen molar-refractivity contribution in [2.24, 2.45) is 0 Å². The number of nitrogens with zero attached hydrogens (tertiary/aromatic N) is 1. The molecular formula is C5H11N2+. The van der Waals surface area contributed by atoms with Gasteiger partial charge < -0.3 is 0 Å². The maximum Gasteiger partial charge on any atom is 0.201 e. The Morgan fingerprint density at radius 2 is 2.43 bits per heavy atom. The van der Waals surface area contributed by atoms with E-state index in [0.29, 0.717) is 0 Å². The average molecular weight is 99.2 g/mol. The molecule has 0 aromatic carbocycles. The molecule has 0 radical (unpaired) electrons. The lowest BCUT2D eigenvalue weighted by atomic mass is 10.8. The number of hydrogen-bond donors (Lipinski definition) is 1. The second-order valence-corrected chi connectivity index (χ2v) is 1.28. The van der Waals surface area contributed by atoms with Gasteiger partial charge in [0.1, 0.15) is 6.72 Å². The largest absolute Gasteiger partial charge is 0.265 e. The van der Waals surface area contributed by atoms with Crippen LogP contribution < -0.4 is 5.32 Å². The zero-order valence-electron chi connectivity index (χ0n) is 4.65. The molecule has 2 nitrogen and oxygen atoms in total. The molecule has 1 N–H and O–H groups in total.